The van der Waals surface area contributed by atoms with Crippen molar-refractivity contribution in [3.8, 4) is 0 Å². The Hall–Kier alpha value is -1.32. The zero-order valence-corrected chi connectivity index (χ0v) is 12.9. The van der Waals surface area contributed by atoms with Crippen molar-refractivity contribution in [2.75, 3.05) is 11.9 Å². The van der Waals surface area contributed by atoms with Crippen molar-refractivity contribution < 1.29 is 0 Å². The van der Waals surface area contributed by atoms with E-state index in [-0.39, 0.29) is 6.04 Å². The van der Waals surface area contributed by atoms with Crippen molar-refractivity contribution in [1.29, 1.82) is 0 Å². The summed E-state index contributed by atoms with van der Waals surface area (Å²) in [5.74, 6) is 0. The molecule has 3 heteroatoms. The fourth-order valence-corrected chi connectivity index (χ4v) is 2.48. The Kier molecular flexibility index (Phi) is 4.61. The van der Waals surface area contributed by atoms with Gasteiger partial charge in [0.05, 0.1) is 0 Å². The van der Waals surface area contributed by atoms with E-state index in [4.69, 9.17) is 5.73 Å². The summed E-state index contributed by atoms with van der Waals surface area (Å²) in [5.41, 5.74) is 9.51. The van der Waals surface area contributed by atoms with Crippen LogP contribution in [0.25, 0.3) is 0 Å². The molecule has 0 amide bonds. The lowest BCUT2D eigenvalue weighted by molar-refractivity contribution is 0.817. The average Bonchev–Trinajstić information content (AvgIpc) is 2.39. The fraction of sp³-hybridized carbons (Fsp3) is 0.250. The van der Waals surface area contributed by atoms with Crippen LogP contribution in [-0.4, -0.2) is 7.05 Å². The molecule has 2 N–H and O–H groups in total. The van der Waals surface area contributed by atoms with E-state index in [0.29, 0.717) is 0 Å². The molecule has 2 aromatic rings. The number of benzene rings is 2. The van der Waals surface area contributed by atoms with Crippen molar-refractivity contribution in [1.82, 2.24) is 0 Å². The summed E-state index contributed by atoms with van der Waals surface area (Å²) in [6.07, 6.45) is 0. The first-order valence-electron chi connectivity index (χ1n) is 6.37. The van der Waals surface area contributed by atoms with Crippen LogP contribution in [0.3, 0.4) is 0 Å². The van der Waals surface area contributed by atoms with Crippen LogP contribution in [-0.2, 0) is 6.54 Å². The van der Waals surface area contributed by atoms with E-state index in [1.807, 2.05) is 13.0 Å². The Labute approximate surface area is 123 Å². The second-order valence-corrected chi connectivity index (χ2v) is 5.78. The van der Waals surface area contributed by atoms with Crippen LogP contribution in [0.15, 0.2) is 53.0 Å². The second kappa shape index (κ2) is 6.22. The van der Waals surface area contributed by atoms with Gasteiger partial charge in [0, 0.05) is 29.8 Å². The highest BCUT2D eigenvalue weighted by Gasteiger charge is 2.04. The Morgan fingerprint density at radius 1 is 1.16 bits per heavy atom. The van der Waals surface area contributed by atoms with E-state index in [0.717, 1.165) is 11.0 Å². The topological polar surface area (TPSA) is 29.3 Å². The summed E-state index contributed by atoms with van der Waals surface area (Å²) in [5, 5.41) is 0. The molecule has 0 aromatic heterocycles. The first kappa shape index (κ1) is 14.1. The maximum Gasteiger partial charge on any atom is 0.0426 e. The average molecular weight is 319 g/mol. The summed E-state index contributed by atoms with van der Waals surface area (Å²) in [6, 6.07) is 16.9. The SMILES string of the molecule is C[C@H](N)c1ccc(N(C)Cc2cccc(Br)c2)cc1. The summed E-state index contributed by atoms with van der Waals surface area (Å²) < 4.78 is 1.12. The Balaban J connectivity index is 2.09. The third-order valence-corrected chi connectivity index (χ3v) is 3.66. The third-order valence-electron chi connectivity index (χ3n) is 3.17. The molecule has 100 valence electrons. The molecular weight excluding hydrogens is 300 g/mol. The number of nitrogens with two attached hydrogens (primary N) is 1. The molecule has 19 heavy (non-hydrogen) atoms. The molecule has 0 spiro atoms. The van der Waals surface area contributed by atoms with Gasteiger partial charge < -0.3 is 10.6 Å². The van der Waals surface area contributed by atoms with E-state index >= 15 is 0 Å². The predicted molar refractivity (Wildman–Crippen MR) is 85.3 cm³/mol. The Morgan fingerprint density at radius 3 is 2.42 bits per heavy atom. The minimum Gasteiger partial charge on any atom is -0.370 e. The molecule has 0 radical (unpaired) electrons. The zero-order valence-electron chi connectivity index (χ0n) is 11.3. The number of hydrogen-bond acceptors (Lipinski definition) is 2. The number of halogens is 1. The molecule has 0 aliphatic rings. The van der Waals surface area contributed by atoms with Crippen LogP contribution >= 0.6 is 15.9 Å². The van der Waals surface area contributed by atoms with Gasteiger partial charge in [-0.2, -0.15) is 0 Å². The van der Waals surface area contributed by atoms with Crippen molar-refractivity contribution >= 4 is 21.6 Å². The quantitative estimate of drug-likeness (QED) is 0.919. The van der Waals surface area contributed by atoms with Crippen LogP contribution in [0.2, 0.25) is 0 Å². The van der Waals surface area contributed by atoms with Crippen molar-refractivity contribution in [2.45, 2.75) is 19.5 Å². The third kappa shape index (κ3) is 3.82. The molecule has 0 heterocycles. The molecule has 0 fully saturated rings. The molecule has 2 nitrogen and oxygen atoms in total. The van der Waals surface area contributed by atoms with Gasteiger partial charge in [0.15, 0.2) is 0 Å². The van der Waals surface area contributed by atoms with Gasteiger partial charge in [0.1, 0.15) is 0 Å². The lowest BCUT2D eigenvalue weighted by Gasteiger charge is -2.20. The van der Waals surface area contributed by atoms with Gasteiger partial charge in [0.2, 0.25) is 0 Å². The van der Waals surface area contributed by atoms with Crippen molar-refractivity contribution in [3.63, 3.8) is 0 Å². The van der Waals surface area contributed by atoms with Crippen LogP contribution in [0.5, 0.6) is 0 Å². The largest absolute Gasteiger partial charge is 0.370 e. The van der Waals surface area contributed by atoms with Gasteiger partial charge in [-0.05, 0) is 42.3 Å². The van der Waals surface area contributed by atoms with Gasteiger partial charge in [-0.15, -0.1) is 0 Å². The monoisotopic (exact) mass is 318 g/mol. The highest BCUT2D eigenvalue weighted by Crippen LogP contribution is 2.20. The second-order valence-electron chi connectivity index (χ2n) is 4.87. The first-order valence-corrected chi connectivity index (χ1v) is 7.16. The summed E-state index contributed by atoms with van der Waals surface area (Å²) in [6.45, 7) is 2.89. The van der Waals surface area contributed by atoms with Gasteiger partial charge in [-0.3, -0.25) is 0 Å². The Bertz CT molecular complexity index is 535. The number of hydrogen-bond donors (Lipinski definition) is 1. The molecule has 0 aliphatic carbocycles. The molecule has 1 atom stereocenters. The molecule has 0 unspecified atom stereocenters. The van der Waals surface area contributed by atoms with Crippen molar-refractivity contribution in [3.05, 3.63) is 64.1 Å². The summed E-state index contributed by atoms with van der Waals surface area (Å²) in [4.78, 5) is 2.23. The Morgan fingerprint density at radius 2 is 1.84 bits per heavy atom. The molecule has 2 rings (SSSR count). The van der Waals surface area contributed by atoms with E-state index in [9.17, 15) is 0 Å². The number of rotatable bonds is 4. The fourth-order valence-electron chi connectivity index (χ4n) is 2.03. The van der Waals surface area contributed by atoms with Gasteiger partial charge in [-0.1, -0.05) is 40.2 Å². The molecule has 0 saturated carbocycles. The van der Waals surface area contributed by atoms with E-state index in [2.05, 4.69) is 70.3 Å². The minimum absolute atomic E-state index is 0.0874. The molecule has 0 bridgehead atoms. The standard InChI is InChI=1S/C16H19BrN2/c1-12(18)14-6-8-16(9-7-14)19(2)11-13-4-3-5-15(17)10-13/h3-10,12H,11,18H2,1-2H3/t12-/m0/s1. The van der Waals surface area contributed by atoms with Gasteiger partial charge in [0.25, 0.3) is 0 Å². The number of anilines is 1. The highest BCUT2D eigenvalue weighted by atomic mass is 79.9. The lowest BCUT2D eigenvalue weighted by atomic mass is 10.1. The van der Waals surface area contributed by atoms with Crippen LogP contribution < -0.4 is 10.6 Å². The first-order chi connectivity index (χ1) is 9.06. The van der Waals surface area contributed by atoms with Gasteiger partial charge in [-0.25, -0.2) is 0 Å². The predicted octanol–water partition coefficient (Wildman–Crippen LogP) is 4.11. The van der Waals surface area contributed by atoms with Crippen LogP contribution in [0.4, 0.5) is 5.69 Å². The normalized spacial score (nSPS) is 12.2. The molecular formula is C16H19BrN2. The molecule has 2 aromatic carbocycles. The van der Waals surface area contributed by atoms with Crippen LogP contribution in [0, 0.1) is 0 Å². The van der Waals surface area contributed by atoms with E-state index < -0.39 is 0 Å². The van der Waals surface area contributed by atoms with E-state index in [1.54, 1.807) is 0 Å². The lowest BCUT2D eigenvalue weighted by Crippen LogP contribution is -2.16. The molecule has 0 aliphatic heterocycles. The molecule has 0 saturated heterocycles. The maximum absolute atomic E-state index is 5.86. The van der Waals surface area contributed by atoms with E-state index in [1.165, 1.54) is 16.8 Å². The highest BCUT2D eigenvalue weighted by molar-refractivity contribution is 9.10. The maximum atomic E-state index is 5.86. The summed E-state index contributed by atoms with van der Waals surface area (Å²) in [7, 11) is 2.10. The zero-order chi connectivity index (χ0) is 13.8. The van der Waals surface area contributed by atoms with Crippen molar-refractivity contribution in [2.24, 2.45) is 5.73 Å². The smallest absolute Gasteiger partial charge is 0.0426 e. The minimum atomic E-state index is 0.0874. The van der Waals surface area contributed by atoms with Crippen LogP contribution in [0.1, 0.15) is 24.1 Å². The summed E-state index contributed by atoms with van der Waals surface area (Å²) >= 11 is 3.50. The van der Waals surface area contributed by atoms with Gasteiger partial charge >= 0.3 is 0 Å². The number of nitrogens with zero attached hydrogens (tertiary/aromatic N) is 1.